The molecule has 0 saturated carbocycles. The Morgan fingerprint density at radius 2 is 0.623 bits per heavy atom. The maximum atomic E-state index is 7.29. The molecular formula is C63H37N5O. The summed E-state index contributed by atoms with van der Waals surface area (Å²) in [6, 6.07) is 79.6. The van der Waals surface area contributed by atoms with Crippen molar-refractivity contribution in [1.82, 2.24) is 24.1 Å². The van der Waals surface area contributed by atoms with Gasteiger partial charge in [0.25, 0.3) is 0 Å². The first-order valence-corrected chi connectivity index (χ1v) is 23.4. The number of para-hydroxylation sites is 2. The van der Waals surface area contributed by atoms with Crippen molar-refractivity contribution in [3.63, 3.8) is 0 Å². The number of fused-ring (bicyclic) bond motifs is 17. The minimum absolute atomic E-state index is 0.621. The molecule has 0 bridgehead atoms. The largest absolute Gasteiger partial charge is 0.455 e. The topological polar surface area (TPSA) is 61.7 Å². The molecule has 0 atom stereocenters. The van der Waals surface area contributed by atoms with E-state index in [2.05, 4.69) is 173 Å². The Kier molecular flexibility index (Phi) is 7.97. The van der Waals surface area contributed by atoms with E-state index in [0.29, 0.717) is 17.5 Å². The summed E-state index contributed by atoms with van der Waals surface area (Å²) in [5.41, 5.74) is 11.1. The lowest BCUT2D eigenvalue weighted by Crippen LogP contribution is -2.00. The van der Waals surface area contributed by atoms with Crippen molar-refractivity contribution >= 4 is 97.9 Å². The molecule has 0 fully saturated rings. The van der Waals surface area contributed by atoms with Gasteiger partial charge in [0, 0.05) is 49.6 Å². The van der Waals surface area contributed by atoms with E-state index in [0.717, 1.165) is 93.6 Å². The average molecular weight is 880 g/mol. The number of aromatic nitrogens is 5. The molecule has 4 heterocycles. The summed E-state index contributed by atoms with van der Waals surface area (Å²) in [6.07, 6.45) is 0. The van der Waals surface area contributed by atoms with E-state index in [9.17, 15) is 0 Å². The number of furan rings is 1. The van der Waals surface area contributed by atoms with Crippen LogP contribution in [0.25, 0.3) is 143 Å². The first-order chi connectivity index (χ1) is 34.2. The lowest BCUT2D eigenvalue weighted by atomic mass is 9.94. The highest BCUT2D eigenvalue weighted by Crippen LogP contribution is 2.46. The van der Waals surface area contributed by atoms with E-state index in [4.69, 9.17) is 19.4 Å². The Labute approximate surface area is 394 Å². The van der Waals surface area contributed by atoms with Gasteiger partial charge in [0.15, 0.2) is 17.5 Å². The van der Waals surface area contributed by atoms with Crippen molar-refractivity contribution in [1.29, 1.82) is 0 Å². The summed E-state index contributed by atoms with van der Waals surface area (Å²) < 4.78 is 12.0. The minimum Gasteiger partial charge on any atom is -0.455 e. The molecule has 4 aromatic heterocycles. The van der Waals surface area contributed by atoms with Gasteiger partial charge >= 0.3 is 0 Å². The Hall–Kier alpha value is -9.39. The lowest BCUT2D eigenvalue weighted by molar-refractivity contribution is 0.677. The zero-order valence-corrected chi connectivity index (χ0v) is 37.0. The van der Waals surface area contributed by atoms with Crippen LogP contribution >= 0.6 is 0 Å². The molecule has 6 nitrogen and oxygen atoms in total. The van der Waals surface area contributed by atoms with Crippen LogP contribution in [0.3, 0.4) is 0 Å². The van der Waals surface area contributed by atoms with Crippen LogP contribution in [-0.4, -0.2) is 24.1 Å². The third kappa shape index (κ3) is 5.57. The molecule has 6 heteroatoms. The predicted molar refractivity (Wildman–Crippen MR) is 285 cm³/mol. The second-order valence-corrected chi connectivity index (χ2v) is 17.9. The van der Waals surface area contributed by atoms with E-state index in [-0.39, 0.29) is 0 Å². The first-order valence-electron chi connectivity index (χ1n) is 23.4. The number of hydrogen-bond acceptors (Lipinski definition) is 4. The molecule has 0 aliphatic rings. The van der Waals surface area contributed by atoms with Gasteiger partial charge in [-0.05, 0) is 105 Å². The molecule has 0 N–H and O–H groups in total. The van der Waals surface area contributed by atoms with Crippen molar-refractivity contribution in [2.75, 3.05) is 0 Å². The number of hydrogen-bond donors (Lipinski definition) is 0. The highest BCUT2D eigenvalue weighted by atomic mass is 16.3. The fourth-order valence-corrected chi connectivity index (χ4v) is 11.1. The quantitative estimate of drug-likeness (QED) is 0.162. The van der Waals surface area contributed by atoms with Crippen LogP contribution in [0.4, 0.5) is 0 Å². The zero-order chi connectivity index (χ0) is 45.2. The van der Waals surface area contributed by atoms with Crippen LogP contribution in [0, 0.1) is 0 Å². The summed E-state index contributed by atoms with van der Waals surface area (Å²) in [6.45, 7) is 0. The van der Waals surface area contributed by atoms with Crippen LogP contribution in [0.5, 0.6) is 0 Å². The summed E-state index contributed by atoms with van der Waals surface area (Å²) in [4.78, 5) is 14.9. The van der Waals surface area contributed by atoms with E-state index in [1.54, 1.807) is 0 Å². The fourth-order valence-electron chi connectivity index (χ4n) is 11.1. The highest BCUT2D eigenvalue weighted by Gasteiger charge is 2.23. The van der Waals surface area contributed by atoms with Crippen LogP contribution < -0.4 is 0 Å². The second kappa shape index (κ2) is 14.6. The van der Waals surface area contributed by atoms with Gasteiger partial charge in [0.2, 0.25) is 0 Å². The fraction of sp³-hybridized carbons (Fsp3) is 0. The molecule has 15 rings (SSSR count). The number of nitrogens with zero attached hydrogens (tertiary/aromatic N) is 5. The minimum atomic E-state index is 0.621. The lowest BCUT2D eigenvalue weighted by Gasteiger charge is -2.13. The summed E-state index contributed by atoms with van der Waals surface area (Å²) in [7, 11) is 0. The Bertz CT molecular complexity index is 4490. The van der Waals surface area contributed by atoms with E-state index in [1.807, 2.05) is 60.7 Å². The van der Waals surface area contributed by atoms with Crippen molar-refractivity contribution in [3.8, 4) is 45.5 Å². The van der Waals surface area contributed by atoms with Gasteiger partial charge in [-0.2, -0.15) is 0 Å². The van der Waals surface area contributed by atoms with Crippen LogP contribution in [0.15, 0.2) is 229 Å². The smallest absolute Gasteiger partial charge is 0.164 e. The molecule has 320 valence electrons. The van der Waals surface area contributed by atoms with Crippen molar-refractivity contribution in [2.45, 2.75) is 0 Å². The zero-order valence-electron chi connectivity index (χ0n) is 37.0. The molecule has 0 unspecified atom stereocenters. The standard InChI is InChI=1S/C63H37N5O/c1-3-15-38(16-4-1)61-64-62(39-17-5-2-6-18-39)66-63(65-61)40-27-29-41(30-28-40)67-53-25-13-11-23-50(53)57-55(67)35-33-48-49-34-36-56-58(60(49)69-59(48)57)51-24-12-14-26-54(51)68(56)42-31-32-47-45-21-8-7-19-43(45)44-20-9-10-22-46(44)52(47)37-42/h1-37H. The maximum Gasteiger partial charge on any atom is 0.164 e. The normalized spacial score (nSPS) is 12.1. The van der Waals surface area contributed by atoms with E-state index >= 15 is 0 Å². The second-order valence-electron chi connectivity index (χ2n) is 17.9. The maximum absolute atomic E-state index is 7.29. The van der Waals surface area contributed by atoms with Crippen molar-refractivity contribution in [2.24, 2.45) is 0 Å². The third-order valence-corrected chi connectivity index (χ3v) is 14.1. The van der Waals surface area contributed by atoms with Gasteiger partial charge in [-0.25, -0.2) is 15.0 Å². The molecule has 0 aliphatic heterocycles. The third-order valence-electron chi connectivity index (χ3n) is 14.1. The van der Waals surface area contributed by atoms with Gasteiger partial charge < -0.3 is 13.6 Å². The van der Waals surface area contributed by atoms with Crippen molar-refractivity contribution in [3.05, 3.63) is 224 Å². The van der Waals surface area contributed by atoms with Crippen LogP contribution in [-0.2, 0) is 0 Å². The molecule has 69 heavy (non-hydrogen) atoms. The molecule has 0 aliphatic carbocycles. The SMILES string of the molecule is c1ccc(-c2nc(-c3ccccc3)nc(-c3ccc(-n4c5ccccc5c5c6oc7c(ccc8c7c7ccccc7n8-c7ccc8c9ccccc9c9ccccc9c8c7)c6ccc54)cc3)n2)cc1. The summed E-state index contributed by atoms with van der Waals surface area (Å²) in [5, 5.41) is 14.2. The van der Waals surface area contributed by atoms with Gasteiger partial charge in [0.1, 0.15) is 11.2 Å². The van der Waals surface area contributed by atoms with Crippen molar-refractivity contribution < 1.29 is 4.42 Å². The summed E-state index contributed by atoms with van der Waals surface area (Å²) in [5.74, 6) is 1.90. The van der Waals surface area contributed by atoms with Gasteiger partial charge in [0.05, 0.1) is 32.8 Å². The van der Waals surface area contributed by atoms with E-state index < -0.39 is 0 Å². The van der Waals surface area contributed by atoms with Gasteiger partial charge in [-0.15, -0.1) is 0 Å². The van der Waals surface area contributed by atoms with Crippen LogP contribution in [0.2, 0.25) is 0 Å². The van der Waals surface area contributed by atoms with Crippen LogP contribution in [0.1, 0.15) is 0 Å². The Morgan fingerprint density at radius 1 is 0.261 bits per heavy atom. The van der Waals surface area contributed by atoms with E-state index in [1.165, 1.54) is 32.3 Å². The molecule has 0 radical (unpaired) electrons. The number of benzene rings is 11. The Balaban J connectivity index is 0.905. The molecule has 15 aromatic rings. The molecular weight excluding hydrogens is 843 g/mol. The molecule has 11 aromatic carbocycles. The average Bonchev–Trinajstić information content (AvgIpc) is 4.09. The monoisotopic (exact) mass is 879 g/mol. The highest BCUT2D eigenvalue weighted by molar-refractivity contribution is 6.29. The first kappa shape index (κ1) is 37.8. The predicted octanol–water partition coefficient (Wildman–Crippen LogP) is 16.4. The Morgan fingerprint density at radius 3 is 1.12 bits per heavy atom. The van der Waals surface area contributed by atoms with Gasteiger partial charge in [-0.3, -0.25) is 0 Å². The molecule has 0 spiro atoms. The number of rotatable bonds is 5. The molecule has 0 amide bonds. The molecule has 0 saturated heterocycles. The van der Waals surface area contributed by atoms with Gasteiger partial charge in [-0.1, -0.05) is 152 Å². The summed E-state index contributed by atoms with van der Waals surface area (Å²) >= 11 is 0.